The molecule has 0 spiro atoms. The Hall–Kier alpha value is -2.67. The number of piperidine rings is 1. The predicted octanol–water partition coefficient (Wildman–Crippen LogP) is 7.22. The summed E-state index contributed by atoms with van der Waals surface area (Å²) in [7, 11) is 0. The highest BCUT2D eigenvalue weighted by molar-refractivity contribution is 6.42. The second-order valence-electron chi connectivity index (χ2n) is 10.3. The smallest absolute Gasteiger partial charge is 0.209 e. The highest BCUT2D eigenvalue weighted by Crippen LogP contribution is 2.38. The molecule has 36 heavy (non-hydrogen) atoms. The maximum absolute atomic E-state index is 6.42. The Labute approximate surface area is 222 Å². The topological polar surface area (TPSA) is 58.3 Å². The maximum atomic E-state index is 6.42. The molecule has 0 unspecified atom stereocenters. The van der Waals surface area contributed by atoms with E-state index < -0.39 is 0 Å². The van der Waals surface area contributed by atoms with Gasteiger partial charge in [0.15, 0.2) is 0 Å². The highest BCUT2D eigenvalue weighted by atomic mass is 35.5. The number of hydrogen-bond donors (Lipinski definition) is 1. The molecule has 1 N–H and O–H groups in total. The lowest BCUT2D eigenvalue weighted by Crippen LogP contribution is -2.57. The van der Waals surface area contributed by atoms with Crippen LogP contribution in [0, 0.1) is 0 Å². The number of aromatic nitrogens is 4. The van der Waals surface area contributed by atoms with Crippen LogP contribution in [-0.4, -0.2) is 48.4 Å². The van der Waals surface area contributed by atoms with Crippen molar-refractivity contribution in [2.24, 2.45) is 0 Å². The van der Waals surface area contributed by atoms with Gasteiger partial charge < -0.3 is 5.32 Å². The Kier molecular flexibility index (Phi) is 6.95. The first-order valence-electron chi connectivity index (χ1n) is 12.5. The van der Waals surface area contributed by atoms with Gasteiger partial charge in [-0.2, -0.15) is 0 Å². The van der Waals surface area contributed by atoms with Crippen molar-refractivity contribution in [1.82, 2.24) is 24.3 Å². The molecule has 5 rings (SSSR count). The van der Waals surface area contributed by atoms with E-state index in [-0.39, 0.29) is 5.54 Å². The number of anilines is 1. The Morgan fingerprint density at radius 1 is 1.00 bits per heavy atom. The summed E-state index contributed by atoms with van der Waals surface area (Å²) < 4.78 is 2.03. The second-order valence-corrected chi connectivity index (χ2v) is 11.1. The quantitative estimate of drug-likeness (QED) is 0.289. The Morgan fingerprint density at radius 3 is 2.50 bits per heavy atom. The SMILES string of the molecule is CC(C)N1CCCC[C@H]1C(C)(C)Nc1nc(-c2ccncc2)c(-c2ccc(Cl)c(Cl)c2)c2nccn12. The molecule has 4 aromatic rings. The van der Waals surface area contributed by atoms with E-state index in [1.54, 1.807) is 12.4 Å². The third kappa shape index (κ3) is 4.70. The van der Waals surface area contributed by atoms with Crippen molar-refractivity contribution in [3.8, 4) is 22.4 Å². The number of imidazole rings is 1. The molecule has 4 heterocycles. The molecule has 8 heteroatoms. The molecule has 1 saturated heterocycles. The molecular weight excluding hydrogens is 491 g/mol. The molecule has 0 saturated carbocycles. The largest absolute Gasteiger partial charge is 0.349 e. The molecule has 0 amide bonds. The minimum atomic E-state index is -0.213. The lowest BCUT2D eigenvalue weighted by molar-refractivity contribution is 0.0740. The summed E-state index contributed by atoms with van der Waals surface area (Å²) in [4.78, 5) is 16.8. The van der Waals surface area contributed by atoms with Crippen LogP contribution in [0.2, 0.25) is 10.0 Å². The molecule has 0 bridgehead atoms. The number of halogens is 2. The van der Waals surface area contributed by atoms with Crippen molar-refractivity contribution < 1.29 is 0 Å². The second kappa shape index (κ2) is 10.0. The molecule has 188 valence electrons. The number of hydrogen-bond acceptors (Lipinski definition) is 5. The average molecular weight is 524 g/mol. The first kappa shape index (κ1) is 25.0. The minimum Gasteiger partial charge on any atom is -0.349 e. The summed E-state index contributed by atoms with van der Waals surface area (Å²) in [5.41, 5.74) is 4.17. The van der Waals surface area contributed by atoms with E-state index in [2.05, 4.69) is 42.9 Å². The van der Waals surface area contributed by atoms with Gasteiger partial charge in [0.25, 0.3) is 0 Å². The van der Waals surface area contributed by atoms with Gasteiger partial charge in [0.2, 0.25) is 5.95 Å². The first-order valence-corrected chi connectivity index (χ1v) is 13.3. The lowest BCUT2D eigenvalue weighted by Gasteiger charge is -2.47. The van der Waals surface area contributed by atoms with Gasteiger partial charge in [0.05, 0.1) is 26.8 Å². The monoisotopic (exact) mass is 522 g/mol. The van der Waals surface area contributed by atoms with Crippen LogP contribution >= 0.6 is 23.2 Å². The van der Waals surface area contributed by atoms with Crippen LogP contribution in [0.15, 0.2) is 55.1 Å². The van der Waals surface area contributed by atoms with Crippen molar-refractivity contribution in [3.63, 3.8) is 0 Å². The predicted molar refractivity (Wildman–Crippen MR) is 149 cm³/mol. The third-order valence-electron chi connectivity index (χ3n) is 7.18. The molecule has 3 aromatic heterocycles. The third-order valence-corrected chi connectivity index (χ3v) is 7.92. The molecule has 1 atom stereocenters. The zero-order valence-corrected chi connectivity index (χ0v) is 22.7. The molecule has 1 aliphatic heterocycles. The molecule has 0 radical (unpaired) electrons. The molecular formula is C28H32Cl2N6. The van der Waals surface area contributed by atoms with Crippen molar-refractivity contribution in [2.45, 2.75) is 64.6 Å². The van der Waals surface area contributed by atoms with Crippen LogP contribution in [0.1, 0.15) is 47.0 Å². The summed E-state index contributed by atoms with van der Waals surface area (Å²) in [6.45, 7) is 10.3. The summed E-state index contributed by atoms with van der Waals surface area (Å²) in [5.74, 6) is 0.761. The normalized spacial score (nSPS) is 17.1. The number of nitrogens with one attached hydrogen (secondary N) is 1. The highest BCUT2D eigenvalue weighted by Gasteiger charge is 2.37. The van der Waals surface area contributed by atoms with Gasteiger partial charge >= 0.3 is 0 Å². The Balaban J connectivity index is 1.67. The molecule has 1 aromatic carbocycles. The van der Waals surface area contributed by atoms with Crippen LogP contribution in [0.5, 0.6) is 0 Å². The van der Waals surface area contributed by atoms with Crippen molar-refractivity contribution >= 4 is 34.8 Å². The molecule has 0 aliphatic carbocycles. The minimum absolute atomic E-state index is 0.213. The summed E-state index contributed by atoms with van der Waals surface area (Å²) in [5, 5.41) is 4.83. The summed E-state index contributed by atoms with van der Waals surface area (Å²) >= 11 is 12.7. The zero-order chi connectivity index (χ0) is 25.4. The van der Waals surface area contributed by atoms with E-state index in [1.165, 1.54) is 12.8 Å². The van der Waals surface area contributed by atoms with Crippen molar-refractivity contribution in [1.29, 1.82) is 0 Å². The fourth-order valence-corrected chi connectivity index (χ4v) is 5.72. The molecule has 6 nitrogen and oxygen atoms in total. The number of rotatable bonds is 6. The zero-order valence-electron chi connectivity index (χ0n) is 21.2. The van der Waals surface area contributed by atoms with Crippen LogP contribution in [-0.2, 0) is 0 Å². The van der Waals surface area contributed by atoms with Crippen LogP contribution in [0.25, 0.3) is 28.0 Å². The molecule has 1 fully saturated rings. The average Bonchev–Trinajstić information content (AvgIpc) is 3.36. The fourth-order valence-electron chi connectivity index (χ4n) is 5.42. The van der Waals surface area contributed by atoms with Gasteiger partial charge in [-0.15, -0.1) is 0 Å². The number of benzene rings is 1. The van der Waals surface area contributed by atoms with Crippen molar-refractivity contribution in [3.05, 3.63) is 65.2 Å². The van der Waals surface area contributed by atoms with E-state index >= 15 is 0 Å². The van der Waals surface area contributed by atoms with Crippen LogP contribution < -0.4 is 5.32 Å². The van der Waals surface area contributed by atoms with E-state index in [4.69, 9.17) is 33.2 Å². The fraction of sp³-hybridized carbons (Fsp3) is 0.393. The first-order chi connectivity index (χ1) is 17.3. The number of nitrogens with zero attached hydrogens (tertiary/aromatic N) is 5. The number of fused-ring (bicyclic) bond motifs is 1. The standard InChI is InChI=1S/C28H32Cl2N6/c1-18(2)35-15-6-5-7-23(35)28(3,4)34-27-33-25(19-10-12-31-13-11-19)24(26-32-14-16-36(26)27)20-8-9-21(29)22(30)17-20/h8-14,16-18,23H,5-7,15H2,1-4H3,(H,33,34)/t23-/m0/s1. The van der Waals surface area contributed by atoms with Crippen LogP contribution in [0.3, 0.4) is 0 Å². The van der Waals surface area contributed by atoms with Crippen molar-refractivity contribution in [2.75, 3.05) is 11.9 Å². The van der Waals surface area contributed by atoms with E-state index in [9.17, 15) is 0 Å². The van der Waals surface area contributed by atoms with E-state index in [0.29, 0.717) is 22.1 Å². The molecule has 1 aliphatic rings. The Morgan fingerprint density at radius 2 is 1.78 bits per heavy atom. The number of pyridine rings is 1. The van der Waals surface area contributed by atoms with Gasteiger partial charge in [-0.1, -0.05) is 35.7 Å². The van der Waals surface area contributed by atoms with Gasteiger partial charge in [-0.05, 0) is 76.9 Å². The van der Waals surface area contributed by atoms with Crippen LogP contribution in [0.4, 0.5) is 5.95 Å². The summed E-state index contributed by atoms with van der Waals surface area (Å²) in [6.07, 6.45) is 11.0. The van der Waals surface area contributed by atoms with Gasteiger partial charge in [0, 0.05) is 42.4 Å². The number of likely N-dealkylation sites (tertiary alicyclic amines) is 1. The van der Waals surface area contributed by atoms with Gasteiger partial charge in [-0.25, -0.2) is 9.97 Å². The van der Waals surface area contributed by atoms with Gasteiger partial charge in [0.1, 0.15) is 5.65 Å². The Bertz CT molecular complexity index is 1370. The van der Waals surface area contributed by atoms with E-state index in [0.717, 1.165) is 46.9 Å². The summed E-state index contributed by atoms with van der Waals surface area (Å²) in [6, 6.07) is 10.5. The lowest BCUT2D eigenvalue weighted by atomic mass is 9.85. The maximum Gasteiger partial charge on any atom is 0.209 e. The van der Waals surface area contributed by atoms with Gasteiger partial charge in [-0.3, -0.25) is 14.3 Å². The van der Waals surface area contributed by atoms with E-state index in [1.807, 2.05) is 47.1 Å².